The summed E-state index contributed by atoms with van der Waals surface area (Å²) in [5, 5.41) is 9.48. The molecule has 0 bridgehead atoms. The minimum absolute atomic E-state index is 0.425. The maximum absolute atomic E-state index is 10.1. The SMILES string of the molecule is CC1(OC=O)CCCCC1O. The third-order valence-corrected chi connectivity index (χ3v) is 2.42. The predicted molar refractivity (Wildman–Crippen MR) is 40.0 cm³/mol. The molecule has 2 unspecified atom stereocenters. The minimum Gasteiger partial charge on any atom is -0.459 e. The highest BCUT2D eigenvalue weighted by atomic mass is 16.5. The second kappa shape index (κ2) is 3.22. The highest BCUT2D eigenvalue weighted by Gasteiger charge is 2.36. The summed E-state index contributed by atoms with van der Waals surface area (Å²) in [7, 11) is 0. The van der Waals surface area contributed by atoms with Gasteiger partial charge in [-0.3, -0.25) is 4.79 Å². The van der Waals surface area contributed by atoms with Crippen molar-refractivity contribution in [3.63, 3.8) is 0 Å². The van der Waals surface area contributed by atoms with Crippen molar-refractivity contribution in [1.82, 2.24) is 0 Å². The van der Waals surface area contributed by atoms with Gasteiger partial charge in [0.25, 0.3) is 6.47 Å². The van der Waals surface area contributed by atoms with Gasteiger partial charge in [0, 0.05) is 0 Å². The number of hydrogen-bond donors (Lipinski definition) is 1. The van der Waals surface area contributed by atoms with Crippen LogP contribution in [-0.2, 0) is 9.53 Å². The Balaban J connectivity index is 2.56. The van der Waals surface area contributed by atoms with E-state index in [4.69, 9.17) is 4.74 Å². The number of aliphatic hydroxyl groups excluding tert-OH is 1. The average Bonchev–Trinajstić information content (AvgIpc) is 1.96. The minimum atomic E-state index is -0.625. The molecule has 0 spiro atoms. The summed E-state index contributed by atoms with van der Waals surface area (Å²) in [6.07, 6.45) is 3.08. The van der Waals surface area contributed by atoms with Crippen molar-refractivity contribution >= 4 is 6.47 Å². The Labute approximate surface area is 66.4 Å². The van der Waals surface area contributed by atoms with E-state index in [9.17, 15) is 9.90 Å². The van der Waals surface area contributed by atoms with Gasteiger partial charge in [0.15, 0.2) is 0 Å². The van der Waals surface area contributed by atoms with E-state index in [2.05, 4.69) is 0 Å². The summed E-state index contributed by atoms with van der Waals surface area (Å²) in [4.78, 5) is 10.1. The first-order valence-electron chi connectivity index (χ1n) is 3.98. The van der Waals surface area contributed by atoms with E-state index in [1.165, 1.54) is 0 Å². The quantitative estimate of drug-likeness (QED) is 0.606. The van der Waals surface area contributed by atoms with Crippen molar-refractivity contribution in [1.29, 1.82) is 0 Å². The van der Waals surface area contributed by atoms with Crippen molar-refractivity contribution < 1.29 is 14.6 Å². The highest BCUT2D eigenvalue weighted by molar-refractivity contribution is 5.38. The van der Waals surface area contributed by atoms with Crippen LogP contribution in [0.1, 0.15) is 32.6 Å². The number of ether oxygens (including phenoxy) is 1. The lowest BCUT2D eigenvalue weighted by Crippen LogP contribution is -2.44. The Morgan fingerprint density at radius 3 is 2.91 bits per heavy atom. The molecule has 0 radical (unpaired) electrons. The van der Waals surface area contributed by atoms with Crippen LogP contribution in [0.15, 0.2) is 0 Å². The standard InChI is InChI=1S/C8H14O3/c1-8(11-6-9)5-3-2-4-7(8)10/h6-7,10H,2-5H2,1H3. The molecule has 3 heteroatoms. The second-order valence-electron chi connectivity index (χ2n) is 3.29. The molecule has 0 aliphatic heterocycles. The van der Waals surface area contributed by atoms with Crippen LogP contribution in [0.25, 0.3) is 0 Å². The Bertz CT molecular complexity index is 146. The lowest BCUT2D eigenvalue weighted by atomic mass is 9.84. The van der Waals surface area contributed by atoms with E-state index in [1.807, 2.05) is 0 Å². The van der Waals surface area contributed by atoms with Gasteiger partial charge in [-0.2, -0.15) is 0 Å². The van der Waals surface area contributed by atoms with Gasteiger partial charge < -0.3 is 9.84 Å². The lowest BCUT2D eigenvalue weighted by Gasteiger charge is -2.36. The van der Waals surface area contributed by atoms with Crippen LogP contribution in [0, 0.1) is 0 Å². The zero-order chi connectivity index (χ0) is 8.32. The molecule has 1 aliphatic rings. The molecule has 1 rings (SSSR count). The third-order valence-electron chi connectivity index (χ3n) is 2.42. The Morgan fingerprint density at radius 2 is 2.36 bits per heavy atom. The fourth-order valence-electron chi connectivity index (χ4n) is 1.53. The van der Waals surface area contributed by atoms with Crippen LogP contribution in [-0.4, -0.2) is 23.3 Å². The Morgan fingerprint density at radius 1 is 1.64 bits per heavy atom. The molecule has 0 aromatic carbocycles. The fourth-order valence-corrected chi connectivity index (χ4v) is 1.53. The highest BCUT2D eigenvalue weighted by Crippen LogP contribution is 2.30. The van der Waals surface area contributed by atoms with Gasteiger partial charge in [-0.1, -0.05) is 6.42 Å². The summed E-state index contributed by atoms with van der Waals surface area (Å²) in [5.41, 5.74) is -0.625. The van der Waals surface area contributed by atoms with Crippen molar-refractivity contribution in [3.05, 3.63) is 0 Å². The number of aliphatic hydroxyl groups is 1. The molecule has 11 heavy (non-hydrogen) atoms. The van der Waals surface area contributed by atoms with Crippen LogP contribution >= 0.6 is 0 Å². The molecule has 0 aromatic heterocycles. The van der Waals surface area contributed by atoms with Crippen molar-refractivity contribution in [2.45, 2.75) is 44.3 Å². The molecule has 0 amide bonds. The van der Waals surface area contributed by atoms with Gasteiger partial charge in [0.05, 0.1) is 6.10 Å². The molecule has 1 fully saturated rings. The number of carbonyl (C=O) groups is 1. The van der Waals surface area contributed by atoms with Gasteiger partial charge in [0.2, 0.25) is 0 Å². The van der Waals surface area contributed by atoms with E-state index in [-0.39, 0.29) is 0 Å². The van der Waals surface area contributed by atoms with E-state index in [0.717, 1.165) is 25.7 Å². The topological polar surface area (TPSA) is 46.5 Å². The first kappa shape index (κ1) is 8.53. The number of rotatable bonds is 2. The predicted octanol–water partition coefficient (Wildman–Crippen LogP) is 0.853. The van der Waals surface area contributed by atoms with Gasteiger partial charge in [-0.05, 0) is 26.2 Å². The van der Waals surface area contributed by atoms with Crippen LogP contribution in [0.2, 0.25) is 0 Å². The second-order valence-corrected chi connectivity index (χ2v) is 3.29. The number of hydrogen-bond acceptors (Lipinski definition) is 3. The van der Waals surface area contributed by atoms with Crippen molar-refractivity contribution in [3.8, 4) is 0 Å². The summed E-state index contributed by atoms with van der Waals surface area (Å²) in [6.45, 7) is 2.21. The summed E-state index contributed by atoms with van der Waals surface area (Å²) in [6, 6.07) is 0. The van der Waals surface area contributed by atoms with E-state index in [0.29, 0.717) is 6.47 Å². The fraction of sp³-hybridized carbons (Fsp3) is 0.875. The van der Waals surface area contributed by atoms with Crippen LogP contribution in [0.4, 0.5) is 0 Å². The van der Waals surface area contributed by atoms with Gasteiger partial charge >= 0.3 is 0 Å². The molecule has 0 heterocycles. The Kier molecular flexibility index (Phi) is 2.49. The van der Waals surface area contributed by atoms with Crippen LogP contribution in [0.3, 0.4) is 0 Å². The average molecular weight is 158 g/mol. The largest absolute Gasteiger partial charge is 0.459 e. The van der Waals surface area contributed by atoms with E-state index < -0.39 is 11.7 Å². The first-order chi connectivity index (χ1) is 5.19. The summed E-state index contributed by atoms with van der Waals surface area (Å²) in [5.74, 6) is 0. The zero-order valence-corrected chi connectivity index (χ0v) is 6.75. The molecular formula is C8H14O3. The van der Waals surface area contributed by atoms with E-state index in [1.54, 1.807) is 6.92 Å². The van der Waals surface area contributed by atoms with Crippen molar-refractivity contribution in [2.75, 3.05) is 0 Å². The van der Waals surface area contributed by atoms with Gasteiger partial charge in [0.1, 0.15) is 5.60 Å². The van der Waals surface area contributed by atoms with Gasteiger partial charge in [-0.25, -0.2) is 0 Å². The number of carbonyl (C=O) groups excluding carboxylic acids is 1. The third kappa shape index (κ3) is 1.71. The Hall–Kier alpha value is -0.570. The van der Waals surface area contributed by atoms with E-state index >= 15 is 0 Å². The summed E-state index contributed by atoms with van der Waals surface area (Å²) >= 11 is 0. The van der Waals surface area contributed by atoms with Crippen molar-refractivity contribution in [2.24, 2.45) is 0 Å². The lowest BCUT2D eigenvalue weighted by molar-refractivity contribution is -0.160. The monoisotopic (exact) mass is 158 g/mol. The molecule has 2 atom stereocenters. The van der Waals surface area contributed by atoms with Crippen LogP contribution in [0.5, 0.6) is 0 Å². The van der Waals surface area contributed by atoms with Gasteiger partial charge in [-0.15, -0.1) is 0 Å². The maximum Gasteiger partial charge on any atom is 0.293 e. The van der Waals surface area contributed by atoms with Crippen LogP contribution < -0.4 is 0 Å². The molecule has 1 aliphatic carbocycles. The maximum atomic E-state index is 10.1. The first-order valence-corrected chi connectivity index (χ1v) is 3.98. The molecule has 0 aromatic rings. The smallest absolute Gasteiger partial charge is 0.293 e. The molecular weight excluding hydrogens is 144 g/mol. The molecule has 0 saturated heterocycles. The molecule has 1 saturated carbocycles. The molecule has 1 N–H and O–H groups in total. The normalized spacial score (nSPS) is 38.2. The summed E-state index contributed by atoms with van der Waals surface area (Å²) < 4.78 is 4.85. The molecule has 3 nitrogen and oxygen atoms in total. The zero-order valence-electron chi connectivity index (χ0n) is 6.75. The molecule has 64 valence electrons.